The van der Waals surface area contributed by atoms with Crippen molar-refractivity contribution in [3.8, 4) is 0 Å². The van der Waals surface area contributed by atoms with E-state index in [1.54, 1.807) is 6.33 Å². The Labute approximate surface area is 98.7 Å². The van der Waals surface area contributed by atoms with Crippen LogP contribution in [0, 0.1) is 0 Å². The van der Waals surface area contributed by atoms with E-state index in [4.69, 9.17) is 0 Å². The summed E-state index contributed by atoms with van der Waals surface area (Å²) in [6.07, 6.45) is 11.8. The van der Waals surface area contributed by atoms with Gasteiger partial charge < -0.3 is 5.32 Å². The van der Waals surface area contributed by atoms with E-state index in [0.29, 0.717) is 6.04 Å². The van der Waals surface area contributed by atoms with Crippen LogP contribution in [-0.2, 0) is 0 Å². The summed E-state index contributed by atoms with van der Waals surface area (Å²) in [7, 11) is 0. The Balaban J connectivity index is 2.41. The first-order valence-electron chi connectivity index (χ1n) is 6.36. The second-order valence-electron chi connectivity index (χ2n) is 4.13. The summed E-state index contributed by atoms with van der Waals surface area (Å²) in [5.41, 5.74) is 1.21. The van der Waals surface area contributed by atoms with Gasteiger partial charge in [-0.2, -0.15) is 0 Å². The molecule has 0 amide bonds. The molecular weight excluding hydrogens is 198 g/mol. The Morgan fingerprint density at radius 2 is 1.88 bits per heavy atom. The lowest BCUT2D eigenvalue weighted by Crippen LogP contribution is -2.21. The van der Waals surface area contributed by atoms with E-state index in [0.717, 1.165) is 6.54 Å². The molecule has 0 bridgehead atoms. The quantitative estimate of drug-likeness (QED) is 0.685. The summed E-state index contributed by atoms with van der Waals surface area (Å²) in [4.78, 5) is 8.16. The molecule has 1 atom stereocenters. The third-order valence-corrected chi connectivity index (χ3v) is 2.78. The summed E-state index contributed by atoms with van der Waals surface area (Å²) in [6, 6.07) is 0.419. The molecular formula is C13H23N3. The Morgan fingerprint density at radius 1 is 1.12 bits per heavy atom. The molecule has 3 nitrogen and oxygen atoms in total. The first-order valence-corrected chi connectivity index (χ1v) is 6.36. The average molecular weight is 221 g/mol. The van der Waals surface area contributed by atoms with Crippen molar-refractivity contribution in [1.82, 2.24) is 15.3 Å². The molecule has 1 rings (SSSR count). The number of aromatic nitrogens is 2. The topological polar surface area (TPSA) is 37.8 Å². The molecule has 0 aliphatic heterocycles. The minimum Gasteiger partial charge on any atom is -0.310 e. The predicted molar refractivity (Wildman–Crippen MR) is 67.2 cm³/mol. The van der Waals surface area contributed by atoms with Crippen LogP contribution in [0.3, 0.4) is 0 Å². The Bertz CT molecular complexity index is 261. The summed E-state index contributed by atoms with van der Waals surface area (Å²) >= 11 is 0. The van der Waals surface area contributed by atoms with E-state index in [2.05, 4.69) is 29.1 Å². The lowest BCUT2D eigenvalue weighted by molar-refractivity contribution is 0.479. The van der Waals surface area contributed by atoms with Crippen LogP contribution in [0.2, 0.25) is 0 Å². The van der Waals surface area contributed by atoms with Crippen molar-refractivity contribution in [2.45, 2.75) is 52.0 Å². The molecule has 90 valence electrons. The summed E-state index contributed by atoms with van der Waals surface area (Å²) in [6.45, 7) is 5.38. The highest BCUT2D eigenvalue weighted by atomic mass is 14.9. The average Bonchev–Trinajstić information content (AvgIpc) is 2.34. The fraction of sp³-hybridized carbons (Fsp3) is 0.692. The molecule has 0 fully saturated rings. The first-order chi connectivity index (χ1) is 7.88. The van der Waals surface area contributed by atoms with E-state index in [9.17, 15) is 0 Å². The van der Waals surface area contributed by atoms with Crippen molar-refractivity contribution in [2.24, 2.45) is 0 Å². The van der Waals surface area contributed by atoms with E-state index in [-0.39, 0.29) is 0 Å². The van der Waals surface area contributed by atoms with Gasteiger partial charge in [0.15, 0.2) is 0 Å². The minimum absolute atomic E-state index is 0.419. The van der Waals surface area contributed by atoms with Crippen LogP contribution in [0.15, 0.2) is 18.7 Å². The molecule has 1 heterocycles. The Hall–Kier alpha value is -0.960. The Morgan fingerprint density at radius 3 is 2.50 bits per heavy atom. The SMILES string of the molecule is CCCCCCC(NCC)c1cncnc1. The lowest BCUT2D eigenvalue weighted by atomic mass is 10.0. The van der Waals surface area contributed by atoms with Gasteiger partial charge >= 0.3 is 0 Å². The number of nitrogens with one attached hydrogen (secondary N) is 1. The van der Waals surface area contributed by atoms with Gasteiger partial charge in [0.25, 0.3) is 0 Å². The zero-order valence-electron chi connectivity index (χ0n) is 10.4. The molecule has 0 saturated heterocycles. The van der Waals surface area contributed by atoms with Gasteiger partial charge in [-0.25, -0.2) is 9.97 Å². The number of unbranched alkanes of at least 4 members (excludes halogenated alkanes) is 3. The molecule has 1 N–H and O–H groups in total. The van der Waals surface area contributed by atoms with Gasteiger partial charge in [-0.05, 0) is 13.0 Å². The summed E-state index contributed by atoms with van der Waals surface area (Å²) < 4.78 is 0. The highest BCUT2D eigenvalue weighted by Crippen LogP contribution is 2.18. The highest BCUT2D eigenvalue weighted by Gasteiger charge is 2.09. The molecule has 16 heavy (non-hydrogen) atoms. The second kappa shape index (κ2) is 8.22. The molecule has 0 radical (unpaired) electrons. The summed E-state index contributed by atoms with van der Waals surface area (Å²) in [5.74, 6) is 0. The van der Waals surface area contributed by atoms with Gasteiger partial charge in [0.1, 0.15) is 6.33 Å². The van der Waals surface area contributed by atoms with Crippen molar-refractivity contribution in [1.29, 1.82) is 0 Å². The van der Waals surface area contributed by atoms with Gasteiger partial charge in [-0.3, -0.25) is 0 Å². The Kier molecular flexibility index (Phi) is 6.74. The number of hydrogen-bond donors (Lipinski definition) is 1. The standard InChI is InChI=1S/C13H23N3/c1-3-5-6-7-8-13(16-4-2)12-9-14-11-15-10-12/h9-11,13,16H,3-8H2,1-2H3. The highest BCUT2D eigenvalue weighted by molar-refractivity contribution is 5.08. The van der Waals surface area contributed by atoms with Crippen molar-refractivity contribution >= 4 is 0 Å². The fourth-order valence-corrected chi connectivity index (χ4v) is 1.90. The molecule has 0 aliphatic carbocycles. The smallest absolute Gasteiger partial charge is 0.115 e. The van der Waals surface area contributed by atoms with Gasteiger partial charge in [0.2, 0.25) is 0 Å². The van der Waals surface area contributed by atoms with Crippen LogP contribution < -0.4 is 5.32 Å². The van der Waals surface area contributed by atoms with Gasteiger partial charge in [0, 0.05) is 24.0 Å². The zero-order valence-corrected chi connectivity index (χ0v) is 10.4. The first kappa shape index (κ1) is 13.1. The van der Waals surface area contributed by atoms with Crippen molar-refractivity contribution < 1.29 is 0 Å². The predicted octanol–water partition coefficient (Wildman–Crippen LogP) is 3.10. The molecule has 1 aromatic heterocycles. The van der Waals surface area contributed by atoms with Crippen LogP contribution in [-0.4, -0.2) is 16.5 Å². The second-order valence-corrected chi connectivity index (χ2v) is 4.13. The van der Waals surface area contributed by atoms with Gasteiger partial charge in [0.05, 0.1) is 0 Å². The number of nitrogens with zero attached hydrogens (tertiary/aromatic N) is 2. The van der Waals surface area contributed by atoms with Crippen molar-refractivity contribution in [2.75, 3.05) is 6.54 Å². The van der Waals surface area contributed by atoms with E-state index >= 15 is 0 Å². The monoisotopic (exact) mass is 221 g/mol. The molecule has 1 aromatic rings. The zero-order chi connectivity index (χ0) is 11.6. The van der Waals surface area contributed by atoms with Crippen LogP contribution in [0.1, 0.15) is 57.6 Å². The third kappa shape index (κ3) is 4.71. The third-order valence-electron chi connectivity index (χ3n) is 2.78. The van der Waals surface area contributed by atoms with Gasteiger partial charge in [-0.15, -0.1) is 0 Å². The van der Waals surface area contributed by atoms with Gasteiger partial charge in [-0.1, -0.05) is 39.5 Å². The van der Waals surface area contributed by atoms with E-state index in [1.165, 1.54) is 37.7 Å². The molecule has 0 aliphatic rings. The maximum atomic E-state index is 4.08. The van der Waals surface area contributed by atoms with Crippen LogP contribution in [0.25, 0.3) is 0 Å². The largest absolute Gasteiger partial charge is 0.310 e. The van der Waals surface area contributed by atoms with E-state index < -0.39 is 0 Å². The van der Waals surface area contributed by atoms with Crippen LogP contribution in [0.4, 0.5) is 0 Å². The number of rotatable bonds is 8. The normalized spacial score (nSPS) is 12.6. The van der Waals surface area contributed by atoms with Crippen LogP contribution >= 0.6 is 0 Å². The fourth-order valence-electron chi connectivity index (χ4n) is 1.90. The van der Waals surface area contributed by atoms with E-state index in [1.807, 2.05) is 12.4 Å². The minimum atomic E-state index is 0.419. The van der Waals surface area contributed by atoms with Crippen molar-refractivity contribution in [3.63, 3.8) is 0 Å². The molecule has 1 unspecified atom stereocenters. The van der Waals surface area contributed by atoms with Crippen molar-refractivity contribution in [3.05, 3.63) is 24.3 Å². The molecule has 0 aromatic carbocycles. The van der Waals surface area contributed by atoms with Crippen LogP contribution in [0.5, 0.6) is 0 Å². The molecule has 0 spiro atoms. The molecule has 3 heteroatoms. The number of hydrogen-bond acceptors (Lipinski definition) is 3. The molecule has 0 saturated carbocycles. The summed E-state index contributed by atoms with van der Waals surface area (Å²) in [5, 5.41) is 3.50. The maximum Gasteiger partial charge on any atom is 0.115 e. The maximum absolute atomic E-state index is 4.08. The lowest BCUT2D eigenvalue weighted by Gasteiger charge is -2.17.